The standard InChI is InChI=1S/C19H23NO/c1-14-5-3-6-15(11-14)12-19(21)17-8-9-18-16(13-17)7-4-10-20(18)2/h3,5-6,8-9,11,13,19,21H,4,7,10,12H2,1-2H3. The molecule has 0 spiro atoms. The molecule has 3 rings (SSSR count). The fourth-order valence-electron chi connectivity index (χ4n) is 3.19. The highest BCUT2D eigenvalue weighted by molar-refractivity contribution is 5.56. The van der Waals surface area contributed by atoms with Gasteiger partial charge in [-0.2, -0.15) is 0 Å². The Bertz CT molecular complexity index is 635. The van der Waals surface area contributed by atoms with Gasteiger partial charge in [-0.25, -0.2) is 0 Å². The zero-order valence-electron chi connectivity index (χ0n) is 12.8. The van der Waals surface area contributed by atoms with E-state index in [2.05, 4.69) is 61.3 Å². The Hall–Kier alpha value is -1.80. The SMILES string of the molecule is Cc1cccc(CC(O)c2ccc3c(c2)CCCN3C)c1. The van der Waals surface area contributed by atoms with Gasteiger partial charge in [0.25, 0.3) is 0 Å². The predicted molar refractivity (Wildman–Crippen MR) is 87.9 cm³/mol. The Morgan fingerprint density at radius 1 is 1.19 bits per heavy atom. The average Bonchev–Trinajstić information content (AvgIpc) is 2.47. The quantitative estimate of drug-likeness (QED) is 0.928. The van der Waals surface area contributed by atoms with E-state index >= 15 is 0 Å². The summed E-state index contributed by atoms with van der Waals surface area (Å²) < 4.78 is 0. The van der Waals surface area contributed by atoms with Gasteiger partial charge in [-0.3, -0.25) is 0 Å². The lowest BCUT2D eigenvalue weighted by atomic mass is 9.95. The number of benzene rings is 2. The largest absolute Gasteiger partial charge is 0.388 e. The second kappa shape index (κ2) is 5.90. The molecule has 1 aliphatic rings. The van der Waals surface area contributed by atoms with Crippen LogP contribution in [-0.2, 0) is 12.8 Å². The molecule has 1 aliphatic heterocycles. The van der Waals surface area contributed by atoms with E-state index in [1.54, 1.807) is 0 Å². The number of anilines is 1. The summed E-state index contributed by atoms with van der Waals surface area (Å²) in [4.78, 5) is 2.30. The highest BCUT2D eigenvalue weighted by Crippen LogP contribution is 2.29. The van der Waals surface area contributed by atoms with E-state index in [1.165, 1.54) is 28.8 Å². The van der Waals surface area contributed by atoms with Crippen molar-refractivity contribution in [2.45, 2.75) is 32.3 Å². The number of hydrogen-bond donors (Lipinski definition) is 1. The molecule has 0 saturated heterocycles. The highest BCUT2D eigenvalue weighted by atomic mass is 16.3. The van der Waals surface area contributed by atoms with E-state index in [-0.39, 0.29) is 0 Å². The number of aliphatic hydroxyl groups is 1. The summed E-state index contributed by atoms with van der Waals surface area (Å²) >= 11 is 0. The molecule has 1 heterocycles. The zero-order valence-corrected chi connectivity index (χ0v) is 12.8. The van der Waals surface area contributed by atoms with Gasteiger partial charge in [-0.05, 0) is 42.5 Å². The fraction of sp³-hybridized carbons (Fsp3) is 0.368. The predicted octanol–water partition coefficient (Wildman–Crippen LogP) is 3.65. The molecule has 0 amide bonds. The summed E-state index contributed by atoms with van der Waals surface area (Å²) in [6, 6.07) is 14.8. The third kappa shape index (κ3) is 3.11. The number of hydrogen-bond acceptors (Lipinski definition) is 2. The summed E-state index contributed by atoms with van der Waals surface area (Å²) in [5.74, 6) is 0. The van der Waals surface area contributed by atoms with Gasteiger partial charge < -0.3 is 10.0 Å². The lowest BCUT2D eigenvalue weighted by molar-refractivity contribution is 0.178. The molecule has 0 aromatic heterocycles. The van der Waals surface area contributed by atoms with Gasteiger partial charge in [0, 0.05) is 25.7 Å². The molecule has 1 atom stereocenters. The summed E-state index contributed by atoms with van der Waals surface area (Å²) in [6.07, 6.45) is 2.56. The van der Waals surface area contributed by atoms with Crippen molar-refractivity contribution in [1.82, 2.24) is 0 Å². The first-order valence-electron chi connectivity index (χ1n) is 7.71. The lowest BCUT2D eigenvalue weighted by Crippen LogP contribution is -2.24. The molecule has 110 valence electrons. The number of fused-ring (bicyclic) bond motifs is 1. The van der Waals surface area contributed by atoms with Gasteiger partial charge in [0.15, 0.2) is 0 Å². The van der Waals surface area contributed by atoms with Crippen molar-refractivity contribution in [3.63, 3.8) is 0 Å². The van der Waals surface area contributed by atoms with Gasteiger partial charge in [0.2, 0.25) is 0 Å². The Morgan fingerprint density at radius 3 is 2.86 bits per heavy atom. The molecule has 0 aliphatic carbocycles. The molecule has 1 unspecified atom stereocenters. The summed E-state index contributed by atoms with van der Waals surface area (Å²) in [5.41, 5.74) is 6.15. The normalized spacial score (nSPS) is 15.7. The van der Waals surface area contributed by atoms with Crippen LogP contribution in [-0.4, -0.2) is 18.7 Å². The molecule has 0 bridgehead atoms. The zero-order chi connectivity index (χ0) is 14.8. The third-order valence-corrected chi connectivity index (χ3v) is 4.35. The first-order valence-corrected chi connectivity index (χ1v) is 7.71. The van der Waals surface area contributed by atoms with Crippen LogP contribution in [0.25, 0.3) is 0 Å². The smallest absolute Gasteiger partial charge is 0.0830 e. The van der Waals surface area contributed by atoms with Crippen molar-refractivity contribution in [3.05, 3.63) is 64.7 Å². The first-order chi connectivity index (χ1) is 10.1. The molecule has 2 heteroatoms. The maximum Gasteiger partial charge on any atom is 0.0830 e. The van der Waals surface area contributed by atoms with Gasteiger partial charge >= 0.3 is 0 Å². The summed E-state index contributed by atoms with van der Waals surface area (Å²) in [7, 11) is 2.14. The van der Waals surface area contributed by atoms with Crippen LogP contribution in [0.1, 0.15) is 34.8 Å². The minimum atomic E-state index is -0.427. The summed E-state index contributed by atoms with van der Waals surface area (Å²) in [6.45, 7) is 3.21. The molecular weight excluding hydrogens is 258 g/mol. The van der Waals surface area contributed by atoms with Crippen LogP contribution in [0.2, 0.25) is 0 Å². The van der Waals surface area contributed by atoms with Crippen LogP contribution in [0.4, 0.5) is 5.69 Å². The Labute approximate surface area is 127 Å². The Kier molecular flexibility index (Phi) is 3.98. The Balaban J connectivity index is 1.80. The van der Waals surface area contributed by atoms with Gasteiger partial charge in [-0.1, -0.05) is 42.0 Å². The van der Waals surface area contributed by atoms with Crippen molar-refractivity contribution in [1.29, 1.82) is 0 Å². The molecule has 2 aromatic rings. The van der Waals surface area contributed by atoms with Crippen molar-refractivity contribution < 1.29 is 5.11 Å². The summed E-state index contributed by atoms with van der Waals surface area (Å²) in [5, 5.41) is 10.5. The molecular formula is C19H23NO. The minimum Gasteiger partial charge on any atom is -0.388 e. The Morgan fingerprint density at radius 2 is 2.05 bits per heavy atom. The van der Waals surface area contributed by atoms with E-state index in [4.69, 9.17) is 0 Å². The van der Waals surface area contributed by atoms with Crippen molar-refractivity contribution in [2.24, 2.45) is 0 Å². The highest BCUT2D eigenvalue weighted by Gasteiger charge is 2.16. The van der Waals surface area contributed by atoms with Gasteiger partial charge in [0.05, 0.1) is 6.10 Å². The van der Waals surface area contributed by atoms with Crippen LogP contribution in [0, 0.1) is 6.92 Å². The molecule has 0 radical (unpaired) electrons. The molecule has 0 saturated carbocycles. The molecule has 1 N–H and O–H groups in total. The molecule has 21 heavy (non-hydrogen) atoms. The maximum absolute atomic E-state index is 10.5. The van der Waals surface area contributed by atoms with Gasteiger partial charge in [-0.15, -0.1) is 0 Å². The molecule has 2 nitrogen and oxygen atoms in total. The molecule has 2 aromatic carbocycles. The van der Waals surface area contributed by atoms with Crippen molar-refractivity contribution >= 4 is 5.69 Å². The molecule has 0 fully saturated rings. The van der Waals surface area contributed by atoms with Crippen molar-refractivity contribution in [2.75, 3.05) is 18.5 Å². The second-order valence-corrected chi connectivity index (χ2v) is 6.12. The van der Waals surface area contributed by atoms with Crippen LogP contribution in [0.3, 0.4) is 0 Å². The van der Waals surface area contributed by atoms with E-state index in [9.17, 15) is 5.11 Å². The van der Waals surface area contributed by atoms with E-state index < -0.39 is 6.10 Å². The third-order valence-electron chi connectivity index (χ3n) is 4.35. The van der Waals surface area contributed by atoms with E-state index in [1.807, 2.05) is 0 Å². The van der Waals surface area contributed by atoms with Gasteiger partial charge in [0.1, 0.15) is 0 Å². The second-order valence-electron chi connectivity index (χ2n) is 6.12. The minimum absolute atomic E-state index is 0.427. The van der Waals surface area contributed by atoms with Crippen LogP contribution in [0.15, 0.2) is 42.5 Å². The maximum atomic E-state index is 10.5. The lowest BCUT2D eigenvalue weighted by Gasteiger charge is -2.28. The fourth-order valence-corrected chi connectivity index (χ4v) is 3.19. The number of rotatable bonds is 3. The van der Waals surface area contributed by atoms with Crippen molar-refractivity contribution in [3.8, 4) is 0 Å². The number of aryl methyl sites for hydroxylation is 2. The number of nitrogens with zero attached hydrogens (tertiary/aromatic N) is 1. The average molecular weight is 281 g/mol. The van der Waals surface area contributed by atoms with E-state index in [0.717, 1.165) is 18.5 Å². The topological polar surface area (TPSA) is 23.5 Å². The van der Waals surface area contributed by atoms with Crippen LogP contribution in [0.5, 0.6) is 0 Å². The van der Waals surface area contributed by atoms with E-state index in [0.29, 0.717) is 6.42 Å². The van der Waals surface area contributed by atoms with Crippen LogP contribution >= 0.6 is 0 Å². The monoisotopic (exact) mass is 281 g/mol. The first kappa shape index (κ1) is 14.2. The van der Waals surface area contributed by atoms with Crippen LogP contribution < -0.4 is 4.90 Å². The number of aliphatic hydroxyl groups excluding tert-OH is 1.